The number of benzene rings is 2. The predicted octanol–water partition coefficient (Wildman–Crippen LogP) is 3.97. The largest absolute Gasteiger partial charge is 0.457 e. The van der Waals surface area contributed by atoms with E-state index < -0.39 is 11.8 Å². The Morgan fingerprint density at radius 3 is 2.40 bits per heavy atom. The third kappa shape index (κ3) is 4.58. The molecule has 2 saturated heterocycles. The number of ether oxygens (including phenoxy) is 2. The first-order chi connectivity index (χ1) is 14.6. The second kappa shape index (κ2) is 9.19. The highest BCUT2D eigenvalue weighted by molar-refractivity contribution is 7.80. The van der Waals surface area contributed by atoms with Crippen LogP contribution in [0.15, 0.2) is 66.2 Å². The van der Waals surface area contributed by atoms with E-state index in [2.05, 4.69) is 5.32 Å². The van der Waals surface area contributed by atoms with Crippen molar-refractivity contribution in [3.05, 3.63) is 66.2 Å². The van der Waals surface area contributed by atoms with Crippen molar-refractivity contribution in [1.29, 1.82) is 0 Å². The van der Waals surface area contributed by atoms with E-state index in [4.69, 9.17) is 21.7 Å². The first-order valence-corrected chi connectivity index (χ1v) is 10.3. The smallest absolute Gasteiger partial charge is 0.269 e. The average Bonchev–Trinajstić information content (AvgIpc) is 2.76. The molecule has 4 rings (SSSR count). The molecule has 7 heteroatoms. The normalized spacial score (nSPS) is 19.1. The number of thiocarbonyl (C=S) groups is 1. The summed E-state index contributed by atoms with van der Waals surface area (Å²) in [5, 5.41) is 2.70. The van der Waals surface area contributed by atoms with Crippen LogP contribution in [0.2, 0.25) is 0 Å². The van der Waals surface area contributed by atoms with Crippen LogP contribution in [-0.2, 0) is 14.3 Å². The summed E-state index contributed by atoms with van der Waals surface area (Å²) in [7, 11) is 0. The summed E-state index contributed by atoms with van der Waals surface area (Å²) in [5.41, 5.74) is 0.696. The van der Waals surface area contributed by atoms with Crippen LogP contribution in [0.1, 0.15) is 19.3 Å². The van der Waals surface area contributed by atoms with E-state index >= 15 is 0 Å². The molecule has 0 spiro atoms. The van der Waals surface area contributed by atoms with Crippen molar-refractivity contribution in [3.63, 3.8) is 0 Å². The number of hydrogen-bond acceptors (Lipinski definition) is 5. The molecular weight excluding hydrogens is 400 g/mol. The Balaban J connectivity index is 1.50. The zero-order valence-electron chi connectivity index (χ0n) is 16.4. The number of para-hydroxylation sites is 1. The lowest BCUT2D eigenvalue weighted by atomic mass is 9.95. The molecule has 30 heavy (non-hydrogen) atoms. The summed E-state index contributed by atoms with van der Waals surface area (Å²) >= 11 is 5.26. The number of anilines is 1. The summed E-state index contributed by atoms with van der Waals surface area (Å²) in [6.45, 7) is 1.45. The molecule has 6 nitrogen and oxygen atoms in total. The summed E-state index contributed by atoms with van der Waals surface area (Å²) in [5.74, 6) is 0.925. The van der Waals surface area contributed by atoms with Gasteiger partial charge in [-0.1, -0.05) is 24.3 Å². The third-order valence-corrected chi connectivity index (χ3v) is 5.46. The molecule has 0 aromatic heterocycles. The van der Waals surface area contributed by atoms with Crippen molar-refractivity contribution in [3.8, 4) is 11.5 Å². The van der Waals surface area contributed by atoms with Gasteiger partial charge in [0, 0.05) is 13.2 Å². The molecule has 2 aromatic rings. The molecule has 2 aliphatic heterocycles. The number of carbonyl (C=O) groups is 2. The molecule has 0 aliphatic carbocycles. The maximum atomic E-state index is 13.0. The molecule has 0 saturated carbocycles. The van der Waals surface area contributed by atoms with Crippen molar-refractivity contribution in [1.82, 2.24) is 5.32 Å². The van der Waals surface area contributed by atoms with Crippen molar-refractivity contribution in [2.24, 2.45) is 5.92 Å². The minimum absolute atomic E-state index is 0.0740. The number of nitrogens with one attached hydrogen (secondary N) is 1. The maximum absolute atomic E-state index is 13.0. The second-order valence-electron chi connectivity index (χ2n) is 7.22. The zero-order chi connectivity index (χ0) is 20.9. The number of hydrogen-bond donors (Lipinski definition) is 1. The van der Waals surface area contributed by atoms with Gasteiger partial charge in [-0.3, -0.25) is 19.8 Å². The van der Waals surface area contributed by atoms with Crippen molar-refractivity contribution in [2.45, 2.75) is 19.3 Å². The van der Waals surface area contributed by atoms with Crippen molar-refractivity contribution in [2.75, 3.05) is 18.1 Å². The van der Waals surface area contributed by atoms with Gasteiger partial charge in [0.05, 0.1) is 5.69 Å². The Bertz CT molecular complexity index is 966. The minimum atomic E-state index is -0.447. The van der Waals surface area contributed by atoms with E-state index in [1.807, 2.05) is 30.3 Å². The van der Waals surface area contributed by atoms with Gasteiger partial charge < -0.3 is 9.47 Å². The fraction of sp³-hybridized carbons (Fsp3) is 0.261. The number of nitrogens with zero attached hydrogens (tertiary/aromatic N) is 1. The Morgan fingerprint density at radius 1 is 1.03 bits per heavy atom. The lowest BCUT2D eigenvalue weighted by molar-refractivity contribution is -0.122. The summed E-state index contributed by atoms with van der Waals surface area (Å²) in [6, 6.07) is 16.5. The van der Waals surface area contributed by atoms with Crippen molar-refractivity contribution < 1.29 is 19.1 Å². The van der Waals surface area contributed by atoms with Crippen LogP contribution in [0.5, 0.6) is 11.5 Å². The van der Waals surface area contributed by atoms with Crippen LogP contribution in [0.3, 0.4) is 0 Å². The Morgan fingerprint density at radius 2 is 1.70 bits per heavy atom. The van der Waals surface area contributed by atoms with Crippen molar-refractivity contribution >= 4 is 34.8 Å². The van der Waals surface area contributed by atoms with Gasteiger partial charge in [-0.25, -0.2) is 0 Å². The van der Waals surface area contributed by atoms with Gasteiger partial charge in [-0.2, -0.15) is 0 Å². The molecule has 2 amide bonds. The van der Waals surface area contributed by atoms with E-state index in [9.17, 15) is 9.59 Å². The molecule has 0 unspecified atom stereocenters. The average molecular weight is 423 g/mol. The molecule has 0 radical (unpaired) electrons. The van der Waals surface area contributed by atoms with Gasteiger partial charge in [-0.05, 0) is 73.8 Å². The van der Waals surface area contributed by atoms with E-state index in [0.717, 1.165) is 31.8 Å². The molecule has 0 atom stereocenters. The fourth-order valence-electron chi connectivity index (χ4n) is 3.50. The third-order valence-electron chi connectivity index (χ3n) is 5.17. The first kappa shape index (κ1) is 20.3. The maximum Gasteiger partial charge on any atom is 0.269 e. The topological polar surface area (TPSA) is 67.9 Å². The molecule has 2 aromatic carbocycles. The molecule has 0 bridgehead atoms. The number of amides is 2. The van der Waals surface area contributed by atoms with Crippen LogP contribution < -0.4 is 15.0 Å². The minimum Gasteiger partial charge on any atom is -0.457 e. The quantitative estimate of drug-likeness (QED) is 0.449. The number of rotatable bonds is 5. The monoisotopic (exact) mass is 422 g/mol. The van der Waals surface area contributed by atoms with E-state index in [-0.39, 0.29) is 10.7 Å². The highest BCUT2D eigenvalue weighted by atomic mass is 32.1. The van der Waals surface area contributed by atoms with E-state index in [0.29, 0.717) is 23.8 Å². The summed E-state index contributed by atoms with van der Waals surface area (Å²) < 4.78 is 11.2. The van der Waals surface area contributed by atoms with E-state index in [1.165, 1.54) is 4.90 Å². The van der Waals surface area contributed by atoms with Gasteiger partial charge in [0.2, 0.25) is 0 Å². The number of allylic oxidation sites excluding steroid dienone is 1. The van der Waals surface area contributed by atoms with Gasteiger partial charge >= 0.3 is 0 Å². The van der Waals surface area contributed by atoms with E-state index in [1.54, 1.807) is 30.3 Å². The van der Waals surface area contributed by atoms with Gasteiger partial charge in [-0.15, -0.1) is 0 Å². The van der Waals surface area contributed by atoms with Gasteiger partial charge in [0.1, 0.15) is 17.1 Å². The van der Waals surface area contributed by atoms with Crippen LogP contribution in [0, 0.1) is 5.92 Å². The lowest BCUT2D eigenvalue weighted by Gasteiger charge is -2.29. The fourth-order valence-corrected chi connectivity index (χ4v) is 3.78. The second-order valence-corrected chi connectivity index (χ2v) is 7.60. The Labute approximate surface area is 180 Å². The summed E-state index contributed by atoms with van der Waals surface area (Å²) in [6.07, 6.45) is 4.27. The predicted molar refractivity (Wildman–Crippen MR) is 117 cm³/mol. The molecule has 2 aliphatic rings. The highest BCUT2D eigenvalue weighted by Crippen LogP contribution is 2.27. The molecule has 2 fully saturated rings. The van der Waals surface area contributed by atoms with Crippen LogP contribution in [0.4, 0.5) is 5.69 Å². The summed E-state index contributed by atoms with van der Waals surface area (Å²) in [4.78, 5) is 26.8. The van der Waals surface area contributed by atoms with Crippen LogP contribution in [0.25, 0.3) is 0 Å². The molecule has 2 heterocycles. The highest BCUT2D eigenvalue weighted by Gasteiger charge is 2.34. The van der Waals surface area contributed by atoms with Gasteiger partial charge in [0.15, 0.2) is 5.11 Å². The zero-order valence-corrected chi connectivity index (χ0v) is 17.2. The lowest BCUT2D eigenvalue weighted by Crippen LogP contribution is -2.54. The Kier molecular flexibility index (Phi) is 6.21. The molecule has 154 valence electrons. The van der Waals surface area contributed by atoms with Crippen LogP contribution >= 0.6 is 12.2 Å². The van der Waals surface area contributed by atoms with Crippen LogP contribution in [-0.4, -0.2) is 30.1 Å². The Hall–Kier alpha value is -3.03. The molecular formula is C23H22N2O4S. The SMILES string of the molecule is O=C1NC(=S)N(c2ccc(Oc3ccccc3)cc2)C(=O)/C1=C\CC1CCOCC1. The molecule has 1 N–H and O–H groups in total. The first-order valence-electron chi connectivity index (χ1n) is 9.92. The standard InChI is InChI=1S/C23H22N2O4S/c26-21-20(11-6-16-12-14-28-15-13-16)22(27)25(23(30)24-21)17-7-9-19(10-8-17)29-18-4-2-1-3-5-18/h1-5,7-11,16H,6,12-15H2,(H,24,26,30)/b20-11-. The van der Waals surface area contributed by atoms with Gasteiger partial charge in [0.25, 0.3) is 11.8 Å². The number of carbonyl (C=O) groups excluding carboxylic acids is 2.